The molecule has 128 valence electrons. The van der Waals surface area contributed by atoms with Gasteiger partial charge in [0.1, 0.15) is 0 Å². The number of nitrogens with zero attached hydrogens (tertiary/aromatic N) is 1. The molecule has 0 spiro atoms. The van der Waals surface area contributed by atoms with Crippen LogP contribution in [0.4, 0.5) is 4.79 Å². The van der Waals surface area contributed by atoms with Gasteiger partial charge in [0.25, 0.3) is 5.91 Å². The van der Waals surface area contributed by atoms with E-state index in [-0.39, 0.29) is 30.9 Å². The molecular weight excluding hydrogens is 308 g/mol. The van der Waals surface area contributed by atoms with Crippen molar-refractivity contribution >= 4 is 17.8 Å². The van der Waals surface area contributed by atoms with Gasteiger partial charge in [-0.25, -0.2) is 4.79 Å². The average molecular weight is 330 g/mol. The molecule has 3 rings (SSSR count). The Hall–Kier alpha value is -2.41. The maximum absolute atomic E-state index is 12.1. The van der Waals surface area contributed by atoms with Crippen LogP contribution in [0.25, 0.3) is 0 Å². The first-order chi connectivity index (χ1) is 11.6. The molecule has 0 bridgehead atoms. The molecule has 7 nitrogen and oxygen atoms in total. The summed E-state index contributed by atoms with van der Waals surface area (Å²) in [6, 6.07) is 6.62. The first-order valence-electron chi connectivity index (χ1n) is 8.29. The SMILES string of the molecule is O=C(NCCC1CCNC1)c1ccc(CN2C(=O)CNC2=O)cc1. The third-order valence-corrected chi connectivity index (χ3v) is 4.49. The van der Waals surface area contributed by atoms with Crippen molar-refractivity contribution in [1.82, 2.24) is 20.9 Å². The number of benzene rings is 1. The number of carbonyl (C=O) groups excluding carboxylic acids is 3. The normalized spacial score (nSPS) is 20.3. The van der Waals surface area contributed by atoms with Crippen LogP contribution in [0.5, 0.6) is 0 Å². The summed E-state index contributed by atoms with van der Waals surface area (Å²) >= 11 is 0. The Morgan fingerprint density at radius 2 is 2.04 bits per heavy atom. The van der Waals surface area contributed by atoms with Gasteiger partial charge in [-0.3, -0.25) is 14.5 Å². The fourth-order valence-corrected chi connectivity index (χ4v) is 3.01. The molecule has 2 saturated heterocycles. The van der Waals surface area contributed by atoms with Gasteiger partial charge in [0, 0.05) is 12.1 Å². The fourth-order valence-electron chi connectivity index (χ4n) is 3.01. The van der Waals surface area contributed by atoms with Crippen LogP contribution in [0, 0.1) is 5.92 Å². The number of hydrogen-bond acceptors (Lipinski definition) is 4. The lowest BCUT2D eigenvalue weighted by Crippen LogP contribution is -2.30. The minimum atomic E-state index is -0.372. The van der Waals surface area contributed by atoms with E-state index < -0.39 is 0 Å². The third-order valence-electron chi connectivity index (χ3n) is 4.49. The molecule has 3 N–H and O–H groups in total. The number of amides is 4. The molecule has 7 heteroatoms. The summed E-state index contributed by atoms with van der Waals surface area (Å²) in [5.74, 6) is 0.322. The minimum Gasteiger partial charge on any atom is -0.352 e. The minimum absolute atomic E-state index is 0.0514. The standard InChI is InChI=1S/C17H22N4O3/c22-15-10-20-17(24)21(15)11-13-1-3-14(4-2-13)16(23)19-8-6-12-5-7-18-9-12/h1-4,12,18H,5-11H2,(H,19,23)(H,20,24). The number of nitrogens with one attached hydrogen (secondary N) is 3. The van der Waals surface area contributed by atoms with Crippen LogP contribution in [-0.2, 0) is 11.3 Å². The second-order valence-electron chi connectivity index (χ2n) is 6.24. The molecule has 2 fully saturated rings. The Morgan fingerprint density at radius 1 is 1.25 bits per heavy atom. The van der Waals surface area contributed by atoms with Crippen molar-refractivity contribution < 1.29 is 14.4 Å². The van der Waals surface area contributed by atoms with E-state index in [1.165, 1.54) is 11.3 Å². The maximum Gasteiger partial charge on any atom is 0.324 e. The third kappa shape index (κ3) is 3.91. The van der Waals surface area contributed by atoms with E-state index >= 15 is 0 Å². The predicted molar refractivity (Wildman–Crippen MR) is 88.3 cm³/mol. The molecule has 24 heavy (non-hydrogen) atoms. The molecule has 1 aromatic carbocycles. The van der Waals surface area contributed by atoms with Crippen LogP contribution in [0.3, 0.4) is 0 Å². The lowest BCUT2D eigenvalue weighted by Gasteiger charge is -2.13. The van der Waals surface area contributed by atoms with Crippen LogP contribution in [0.1, 0.15) is 28.8 Å². The van der Waals surface area contributed by atoms with Gasteiger partial charge >= 0.3 is 6.03 Å². The number of rotatable bonds is 6. The summed E-state index contributed by atoms with van der Waals surface area (Å²) in [5, 5.41) is 8.74. The van der Waals surface area contributed by atoms with E-state index in [1.54, 1.807) is 24.3 Å². The lowest BCUT2D eigenvalue weighted by molar-refractivity contribution is -0.125. The molecule has 1 unspecified atom stereocenters. The largest absolute Gasteiger partial charge is 0.352 e. The van der Waals surface area contributed by atoms with Crippen molar-refractivity contribution in [2.75, 3.05) is 26.2 Å². The Kier molecular flexibility index (Phi) is 5.10. The van der Waals surface area contributed by atoms with E-state index in [0.717, 1.165) is 25.1 Å². The van der Waals surface area contributed by atoms with Crippen LogP contribution in [-0.4, -0.2) is 48.9 Å². The molecule has 0 saturated carbocycles. The molecule has 2 aliphatic rings. The number of carbonyl (C=O) groups is 3. The van der Waals surface area contributed by atoms with Gasteiger partial charge in [-0.05, 0) is 49.5 Å². The quantitative estimate of drug-likeness (QED) is 0.661. The second-order valence-corrected chi connectivity index (χ2v) is 6.24. The zero-order valence-electron chi connectivity index (χ0n) is 13.5. The van der Waals surface area contributed by atoms with Crippen molar-refractivity contribution in [3.8, 4) is 0 Å². The highest BCUT2D eigenvalue weighted by molar-refractivity contribution is 6.01. The van der Waals surface area contributed by atoms with E-state index in [2.05, 4.69) is 16.0 Å². The molecule has 2 heterocycles. The Morgan fingerprint density at radius 3 is 2.67 bits per heavy atom. The van der Waals surface area contributed by atoms with Gasteiger partial charge in [0.2, 0.25) is 5.91 Å². The zero-order chi connectivity index (χ0) is 16.9. The molecule has 2 aliphatic heterocycles. The van der Waals surface area contributed by atoms with E-state index in [4.69, 9.17) is 0 Å². The summed E-state index contributed by atoms with van der Waals surface area (Å²) in [5.41, 5.74) is 1.40. The van der Waals surface area contributed by atoms with Crippen LogP contribution in [0.2, 0.25) is 0 Å². The van der Waals surface area contributed by atoms with Crippen molar-refractivity contribution in [2.24, 2.45) is 5.92 Å². The lowest BCUT2D eigenvalue weighted by atomic mass is 10.1. The Balaban J connectivity index is 1.49. The molecule has 4 amide bonds. The smallest absolute Gasteiger partial charge is 0.324 e. The Bertz CT molecular complexity index is 607. The predicted octanol–water partition coefficient (Wildman–Crippen LogP) is 0.468. The number of imide groups is 1. The van der Waals surface area contributed by atoms with Crippen molar-refractivity contribution in [3.63, 3.8) is 0 Å². The van der Waals surface area contributed by atoms with Crippen molar-refractivity contribution in [2.45, 2.75) is 19.4 Å². The first-order valence-corrected chi connectivity index (χ1v) is 8.29. The zero-order valence-corrected chi connectivity index (χ0v) is 13.5. The van der Waals surface area contributed by atoms with Crippen LogP contribution in [0.15, 0.2) is 24.3 Å². The van der Waals surface area contributed by atoms with Crippen molar-refractivity contribution in [1.29, 1.82) is 0 Å². The van der Waals surface area contributed by atoms with Crippen LogP contribution >= 0.6 is 0 Å². The van der Waals surface area contributed by atoms with Crippen molar-refractivity contribution in [3.05, 3.63) is 35.4 Å². The summed E-state index contributed by atoms with van der Waals surface area (Å²) < 4.78 is 0. The maximum atomic E-state index is 12.1. The van der Waals surface area contributed by atoms with E-state index in [9.17, 15) is 14.4 Å². The van der Waals surface area contributed by atoms with Gasteiger partial charge in [-0.2, -0.15) is 0 Å². The summed E-state index contributed by atoms with van der Waals surface area (Å²) in [7, 11) is 0. The molecule has 1 aromatic rings. The molecular formula is C17H22N4O3. The summed E-state index contributed by atoms with van der Waals surface area (Å²) in [6.07, 6.45) is 2.16. The van der Waals surface area contributed by atoms with E-state index in [0.29, 0.717) is 18.0 Å². The number of hydrogen-bond donors (Lipinski definition) is 3. The molecule has 1 atom stereocenters. The molecule has 0 aliphatic carbocycles. The Labute approximate surface area is 140 Å². The highest BCUT2D eigenvalue weighted by atomic mass is 16.2. The topological polar surface area (TPSA) is 90.5 Å². The highest BCUT2D eigenvalue weighted by Crippen LogP contribution is 2.12. The van der Waals surface area contributed by atoms with Gasteiger partial charge in [-0.15, -0.1) is 0 Å². The highest BCUT2D eigenvalue weighted by Gasteiger charge is 2.28. The number of urea groups is 1. The monoisotopic (exact) mass is 330 g/mol. The second kappa shape index (κ2) is 7.44. The van der Waals surface area contributed by atoms with Gasteiger partial charge in [0.15, 0.2) is 0 Å². The average Bonchev–Trinajstić information content (AvgIpc) is 3.21. The first kappa shape index (κ1) is 16.4. The van der Waals surface area contributed by atoms with Gasteiger partial charge < -0.3 is 16.0 Å². The fraction of sp³-hybridized carbons (Fsp3) is 0.471. The van der Waals surface area contributed by atoms with Gasteiger partial charge in [-0.1, -0.05) is 12.1 Å². The van der Waals surface area contributed by atoms with Gasteiger partial charge in [0.05, 0.1) is 13.1 Å². The summed E-state index contributed by atoms with van der Waals surface area (Å²) in [6.45, 7) is 3.05. The van der Waals surface area contributed by atoms with Crippen LogP contribution < -0.4 is 16.0 Å². The molecule has 0 radical (unpaired) electrons. The van der Waals surface area contributed by atoms with E-state index in [1.807, 2.05) is 0 Å². The molecule has 0 aromatic heterocycles. The summed E-state index contributed by atoms with van der Waals surface area (Å²) in [4.78, 5) is 36.4.